The van der Waals surface area contributed by atoms with Gasteiger partial charge in [0.05, 0.1) is 7.11 Å². The second kappa shape index (κ2) is 8.74. The molecule has 4 aromatic rings. The molecule has 1 aromatic heterocycles. The summed E-state index contributed by atoms with van der Waals surface area (Å²) in [6.07, 6.45) is 1.83. The van der Waals surface area contributed by atoms with E-state index in [0.717, 1.165) is 70.7 Å². The maximum Gasteiger partial charge on any atom is 0.227 e. The van der Waals surface area contributed by atoms with Crippen LogP contribution in [-0.2, 0) is 4.79 Å². The molecule has 0 unspecified atom stereocenters. The van der Waals surface area contributed by atoms with Gasteiger partial charge in [-0.25, -0.2) is 4.98 Å². The lowest BCUT2D eigenvalue weighted by molar-refractivity contribution is -0.121. The number of benzene rings is 3. The number of rotatable bonds is 5. The fourth-order valence-corrected chi connectivity index (χ4v) is 4.69. The Labute approximate surface area is 194 Å². The van der Waals surface area contributed by atoms with Crippen molar-refractivity contribution in [3.63, 3.8) is 0 Å². The summed E-state index contributed by atoms with van der Waals surface area (Å²) in [6.45, 7) is 5.59. The van der Waals surface area contributed by atoms with Crippen LogP contribution < -0.4 is 9.64 Å². The van der Waals surface area contributed by atoms with Crippen molar-refractivity contribution in [1.29, 1.82) is 0 Å². The molecule has 3 aromatic carbocycles. The number of oxazole rings is 1. The average Bonchev–Trinajstić information content (AvgIpc) is 3.27. The van der Waals surface area contributed by atoms with E-state index in [2.05, 4.69) is 48.2 Å². The van der Waals surface area contributed by atoms with E-state index in [1.165, 1.54) is 0 Å². The van der Waals surface area contributed by atoms with Crippen LogP contribution in [0.2, 0.25) is 0 Å². The molecule has 2 heterocycles. The fourth-order valence-electron chi connectivity index (χ4n) is 4.69. The molecule has 1 aliphatic heterocycles. The molecule has 5 rings (SSSR count). The molecule has 0 N–H and O–H groups in total. The van der Waals surface area contributed by atoms with Crippen molar-refractivity contribution in [1.82, 2.24) is 4.98 Å². The zero-order valence-electron chi connectivity index (χ0n) is 19.3. The Morgan fingerprint density at radius 2 is 1.85 bits per heavy atom. The van der Waals surface area contributed by atoms with E-state index >= 15 is 0 Å². The maximum atomic E-state index is 11.7. The number of aryl methyl sites for hydroxylation is 1. The number of hydrogen-bond donors (Lipinski definition) is 0. The highest BCUT2D eigenvalue weighted by Gasteiger charge is 2.23. The zero-order valence-corrected chi connectivity index (χ0v) is 19.3. The summed E-state index contributed by atoms with van der Waals surface area (Å²) in [5, 5.41) is 0. The Hall–Kier alpha value is -3.60. The van der Waals surface area contributed by atoms with Crippen molar-refractivity contribution in [2.75, 3.05) is 25.1 Å². The lowest BCUT2D eigenvalue weighted by atomic mass is 9.93. The Morgan fingerprint density at radius 1 is 1.03 bits per heavy atom. The summed E-state index contributed by atoms with van der Waals surface area (Å²) in [5.74, 6) is 1.97. The second-order valence-corrected chi connectivity index (χ2v) is 8.80. The van der Waals surface area contributed by atoms with Gasteiger partial charge in [-0.15, -0.1) is 0 Å². The molecule has 33 heavy (non-hydrogen) atoms. The van der Waals surface area contributed by atoms with E-state index in [-0.39, 0.29) is 5.92 Å². The van der Waals surface area contributed by atoms with E-state index in [4.69, 9.17) is 14.1 Å². The highest BCUT2D eigenvalue weighted by molar-refractivity contribution is 5.82. The van der Waals surface area contributed by atoms with Gasteiger partial charge in [0.25, 0.3) is 0 Å². The van der Waals surface area contributed by atoms with E-state index in [1.807, 2.05) is 24.3 Å². The average molecular weight is 441 g/mol. The van der Waals surface area contributed by atoms with E-state index < -0.39 is 0 Å². The molecule has 1 saturated heterocycles. The first-order valence-corrected chi connectivity index (χ1v) is 11.4. The summed E-state index contributed by atoms with van der Waals surface area (Å²) in [7, 11) is 1.68. The van der Waals surface area contributed by atoms with Gasteiger partial charge in [0.2, 0.25) is 5.89 Å². The predicted molar refractivity (Wildman–Crippen MR) is 132 cm³/mol. The third-order valence-electron chi connectivity index (χ3n) is 6.66. The van der Waals surface area contributed by atoms with Gasteiger partial charge >= 0.3 is 0 Å². The van der Waals surface area contributed by atoms with Crippen molar-refractivity contribution >= 4 is 22.6 Å². The van der Waals surface area contributed by atoms with Gasteiger partial charge in [0, 0.05) is 30.3 Å². The standard InChI is InChI=1S/C28H28N2O3/c1-18-15-22(7-9-25(18)21-5-4-6-24(16-21)32-3)28-29-26-17-23(8-10-27(26)33-28)30-13-11-20(12-14-30)19(2)31/h4-10,15-17,20H,11-14H2,1-3H3. The summed E-state index contributed by atoms with van der Waals surface area (Å²) < 4.78 is 11.5. The molecule has 1 aliphatic rings. The third-order valence-corrected chi connectivity index (χ3v) is 6.66. The van der Waals surface area contributed by atoms with Crippen LogP contribution >= 0.6 is 0 Å². The predicted octanol–water partition coefficient (Wildman–Crippen LogP) is 6.28. The number of carbonyl (C=O) groups excluding carboxylic acids is 1. The van der Waals surface area contributed by atoms with E-state index in [9.17, 15) is 4.79 Å². The quantitative estimate of drug-likeness (QED) is 0.365. The minimum absolute atomic E-state index is 0.201. The Morgan fingerprint density at radius 3 is 2.58 bits per heavy atom. The van der Waals surface area contributed by atoms with Gasteiger partial charge in [-0.05, 0) is 85.8 Å². The summed E-state index contributed by atoms with van der Waals surface area (Å²) >= 11 is 0. The molecule has 168 valence electrons. The third kappa shape index (κ3) is 4.23. The number of anilines is 1. The topological polar surface area (TPSA) is 55.6 Å². The summed E-state index contributed by atoms with van der Waals surface area (Å²) in [5.41, 5.74) is 7.15. The Kier molecular flexibility index (Phi) is 5.63. The number of aromatic nitrogens is 1. The van der Waals surface area contributed by atoms with E-state index in [0.29, 0.717) is 11.7 Å². The summed E-state index contributed by atoms with van der Waals surface area (Å²) in [4.78, 5) is 18.8. The van der Waals surface area contributed by atoms with Crippen LogP contribution in [0.1, 0.15) is 25.3 Å². The van der Waals surface area contributed by atoms with Crippen LogP contribution in [0.25, 0.3) is 33.7 Å². The van der Waals surface area contributed by atoms with Gasteiger partial charge in [-0.3, -0.25) is 4.79 Å². The molecule has 0 saturated carbocycles. The molecule has 0 atom stereocenters. The molecular formula is C28H28N2O3. The molecule has 0 amide bonds. The largest absolute Gasteiger partial charge is 0.497 e. The van der Waals surface area contributed by atoms with Crippen LogP contribution in [0.4, 0.5) is 5.69 Å². The van der Waals surface area contributed by atoms with Gasteiger partial charge in [-0.1, -0.05) is 18.2 Å². The van der Waals surface area contributed by atoms with Crippen LogP contribution in [0.3, 0.4) is 0 Å². The number of ether oxygens (including phenoxy) is 1. The monoisotopic (exact) mass is 440 g/mol. The molecule has 5 heteroatoms. The lowest BCUT2D eigenvalue weighted by Gasteiger charge is -2.32. The van der Waals surface area contributed by atoms with Crippen molar-refractivity contribution < 1.29 is 13.9 Å². The Bertz CT molecular complexity index is 1320. The molecule has 0 spiro atoms. The van der Waals surface area contributed by atoms with Crippen LogP contribution in [0.15, 0.2) is 65.1 Å². The van der Waals surface area contributed by atoms with Crippen LogP contribution in [0, 0.1) is 12.8 Å². The van der Waals surface area contributed by atoms with Crippen molar-refractivity contribution in [3.05, 3.63) is 66.2 Å². The molecular weight excluding hydrogens is 412 g/mol. The normalized spacial score (nSPS) is 14.6. The number of nitrogens with zero attached hydrogens (tertiary/aromatic N) is 2. The number of ketones is 1. The minimum atomic E-state index is 0.201. The first kappa shape index (κ1) is 21.3. The number of hydrogen-bond acceptors (Lipinski definition) is 5. The lowest BCUT2D eigenvalue weighted by Crippen LogP contribution is -2.35. The summed E-state index contributed by atoms with van der Waals surface area (Å²) in [6, 6.07) is 20.5. The molecule has 0 bridgehead atoms. The highest BCUT2D eigenvalue weighted by atomic mass is 16.5. The van der Waals surface area contributed by atoms with Crippen molar-refractivity contribution in [2.24, 2.45) is 5.92 Å². The van der Waals surface area contributed by atoms with Gasteiger partial charge in [0.15, 0.2) is 5.58 Å². The number of Topliss-reactive ketones (excluding diaryl/α,β-unsaturated/α-hetero) is 1. The second-order valence-electron chi connectivity index (χ2n) is 8.80. The fraction of sp³-hybridized carbons (Fsp3) is 0.286. The molecule has 0 radical (unpaired) electrons. The SMILES string of the molecule is COc1cccc(-c2ccc(-c3nc4cc(N5CCC(C(C)=O)CC5)ccc4o3)cc2C)c1. The molecule has 1 fully saturated rings. The van der Waals surface area contributed by atoms with E-state index in [1.54, 1.807) is 14.0 Å². The number of carbonyl (C=O) groups is 1. The van der Waals surface area contributed by atoms with Crippen LogP contribution in [0.5, 0.6) is 5.75 Å². The van der Waals surface area contributed by atoms with Gasteiger partial charge < -0.3 is 14.1 Å². The number of piperidine rings is 1. The Balaban J connectivity index is 1.40. The van der Waals surface area contributed by atoms with Crippen molar-refractivity contribution in [2.45, 2.75) is 26.7 Å². The van der Waals surface area contributed by atoms with Gasteiger partial charge in [-0.2, -0.15) is 0 Å². The van der Waals surface area contributed by atoms with Crippen LogP contribution in [-0.4, -0.2) is 31.0 Å². The number of fused-ring (bicyclic) bond motifs is 1. The first-order chi connectivity index (χ1) is 16.0. The highest BCUT2D eigenvalue weighted by Crippen LogP contribution is 2.33. The molecule has 5 nitrogen and oxygen atoms in total. The van der Waals surface area contributed by atoms with Gasteiger partial charge in [0.1, 0.15) is 17.0 Å². The first-order valence-electron chi connectivity index (χ1n) is 11.4. The maximum absolute atomic E-state index is 11.7. The smallest absolute Gasteiger partial charge is 0.227 e. The molecule has 0 aliphatic carbocycles. The zero-order chi connectivity index (χ0) is 22.9. The van der Waals surface area contributed by atoms with Crippen molar-refractivity contribution in [3.8, 4) is 28.3 Å². The minimum Gasteiger partial charge on any atom is -0.497 e. The number of methoxy groups -OCH3 is 1.